The molecule has 3 atom stereocenters. The Morgan fingerprint density at radius 2 is 1.94 bits per heavy atom. The van der Waals surface area contributed by atoms with Gasteiger partial charge < -0.3 is 16.0 Å². The SMILES string of the molecule is CCN(CC)CCNC(=O)C1CC(C)CC(N)C1. The Morgan fingerprint density at radius 3 is 2.50 bits per heavy atom. The van der Waals surface area contributed by atoms with Crippen molar-refractivity contribution in [3.8, 4) is 0 Å². The lowest BCUT2D eigenvalue weighted by atomic mass is 9.79. The highest BCUT2D eigenvalue weighted by Crippen LogP contribution is 2.27. The first-order chi connectivity index (χ1) is 8.56. The average molecular weight is 255 g/mol. The van der Waals surface area contributed by atoms with Crippen LogP contribution >= 0.6 is 0 Å². The lowest BCUT2D eigenvalue weighted by Gasteiger charge is -2.30. The second kappa shape index (κ2) is 7.74. The van der Waals surface area contributed by atoms with E-state index in [-0.39, 0.29) is 17.9 Å². The molecule has 1 amide bonds. The molecule has 1 rings (SSSR count). The van der Waals surface area contributed by atoms with Crippen LogP contribution in [0.15, 0.2) is 0 Å². The lowest BCUT2D eigenvalue weighted by molar-refractivity contribution is -0.126. The van der Waals surface area contributed by atoms with Gasteiger partial charge in [0.05, 0.1) is 0 Å². The molecule has 4 nitrogen and oxygen atoms in total. The van der Waals surface area contributed by atoms with Crippen molar-refractivity contribution in [2.45, 2.75) is 46.1 Å². The zero-order chi connectivity index (χ0) is 13.5. The van der Waals surface area contributed by atoms with E-state index in [1.54, 1.807) is 0 Å². The van der Waals surface area contributed by atoms with E-state index in [9.17, 15) is 4.79 Å². The molecule has 0 saturated heterocycles. The number of nitrogens with two attached hydrogens (primary N) is 1. The Kier molecular flexibility index (Phi) is 6.65. The van der Waals surface area contributed by atoms with Crippen molar-refractivity contribution < 1.29 is 4.79 Å². The number of amides is 1. The molecule has 3 unspecified atom stereocenters. The number of rotatable bonds is 6. The van der Waals surface area contributed by atoms with Gasteiger partial charge in [0.2, 0.25) is 5.91 Å². The van der Waals surface area contributed by atoms with Gasteiger partial charge in [-0.2, -0.15) is 0 Å². The van der Waals surface area contributed by atoms with Gasteiger partial charge in [0.25, 0.3) is 0 Å². The van der Waals surface area contributed by atoms with E-state index in [1.165, 1.54) is 0 Å². The minimum Gasteiger partial charge on any atom is -0.355 e. The Hall–Kier alpha value is -0.610. The average Bonchev–Trinajstić information content (AvgIpc) is 2.33. The van der Waals surface area contributed by atoms with Crippen LogP contribution in [-0.4, -0.2) is 43.0 Å². The van der Waals surface area contributed by atoms with Gasteiger partial charge in [-0.05, 0) is 38.3 Å². The van der Waals surface area contributed by atoms with Crippen LogP contribution in [0.5, 0.6) is 0 Å². The highest BCUT2D eigenvalue weighted by atomic mass is 16.1. The van der Waals surface area contributed by atoms with Gasteiger partial charge in [-0.3, -0.25) is 4.79 Å². The molecule has 0 aromatic rings. The summed E-state index contributed by atoms with van der Waals surface area (Å²) in [6.45, 7) is 10.2. The van der Waals surface area contributed by atoms with Gasteiger partial charge >= 0.3 is 0 Å². The molecule has 0 aliphatic heterocycles. The van der Waals surface area contributed by atoms with Gasteiger partial charge in [-0.25, -0.2) is 0 Å². The summed E-state index contributed by atoms with van der Waals surface area (Å²) >= 11 is 0. The summed E-state index contributed by atoms with van der Waals surface area (Å²) in [4.78, 5) is 14.4. The highest BCUT2D eigenvalue weighted by molar-refractivity contribution is 5.78. The van der Waals surface area contributed by atoms with Crippen LogP contribution < -0.4 is 11.1 Å². The van der Waals surface area contributed by atoms with E-state index in [0.717, 1.165) is 45.4 Å². The molecule has 0 aromatic heterocycles. The molecule has 0 radical (unpaired) electrons. The molecule has 1 fully saturated rings. The monoisotopic (exact) mass is 255 g/mol. The molecular weight excluding hydrogens is 226 g/mol. The first-order valence-corrected chi connectivity index (χ1v) is 7.32. The van der Waals surface area contributed by atoms with Crippen molar-refractivity contribution in [2.75, 3.05) is 26.2 Å². The summed E-state index contributed by atoms with van der Waals surface area (Å²) in [5.41, 5.74) is 5.99. The van der Waals surface area contributed by atoms with E-state index in [1.807, 2.05) is 0 Å². The zero-order valence-electron chi connectivity index (χ0n) is 12.1. The predicted molar refractivity (Wildman–Crippen MR) is 75.3 cm³/mol. The molecule has 0 aromatic carbocycles. The summed E-state index contributed by atoms with van der Waals surface area (Å²) in [6, 6.07) is 0.201. The maximum atomic E-state index is 12.1. The zero-order valence-corrected chi connectivity index (χ0v) is 12.1. The number of carbonyl (C=O) groups excluding carboxylic acids is 1. The van der Waals surface area contributed by atoms with Crippen molar-refractivity contribution in [1.82, 2.24) is 10.2 Å². The minimum absolute atomic E-state index is 0.125. The third kappa shape index (κ3) is 4.94. The standard InChI is InChI=1S/C14H29N3O/c1-4-17(5-2)7-6-16-14(18)12-8-11(3)9-13(15)10-12/h11-13H,4-10,15H2,1-3H3,(H,16,18). The van der Waals surface area contributed by atoms with Crippen LogP contribution in [0.25, 0.3) is 0 Å². The number of nitrogens with zero attached hydrogens (tertiary/aromatic N) is 1. The summed E-state index contributed by atoms with van der Waals surface area (Å²) in [6.07, 6.45) is 2.90. The second-order valence-electron chi connectivity index (χ2n) is 5.59. The maximum absolute atomic E-state index is 12.1. The fourth-order valence-corrected chi connectivity index (χ4v) is 2.89. The molecule has 1 saturated carbocycles. The van der Waals surface area contributed by atoms with Crippen LogP contribution in [0, 0.1) is 11.8 Å². The van der Waals surface area contributed by atoms with Crippen molar-refractivity contribution >= 4 is 5.91 Å². The van der Waals surface area contributed by atoms with Crippen molar-refractivity contribution in [3.63, 3.8) is 0 Å². The number of hydrogen-bond acceptors (Lipinski definition) is 3. The molecule has 18 heavy (non-hydrogen) atoms. The number of likely N-dealkylation sites (N-methyl/N-ethyl adjacent to an activating group) is 1. The van der Waals surface area contributed by atoms with Gasteiger partial charge in [0.15, 0.2) is 0 Å². The second-order valence-corrected chi connectivity index (χ2v) is 5.59. The Morgan fingerprint density at radius 1 is 1.28 bits per heavy atom. The normalized spacial score (nSPS) is 28.4. The van der Waals surface area contributed by atoms with E-state index in [4.69, 9.17) is 5.73 Å². The van der Waals surface area contributed by atoms with Gasteiger partial charge in [0.1, 0.15) is 0 Å². The Bertz CT molecular complexity index is 243. The third-order valence-corrected chi connectivity index (χ3v) is 3.97. The fraction of sp³-hybridized carbons (Fsp3) is 0.929. The van der Waals surface area contributed by atoms with Gasteiger partial charge in [-0.1, -0.05) is 20.8 Å². The molecule has 0 heterocycles. The molecule has 1 aliphatic rings. The largest absolute Gasteiger partial charge is 0.355 e. The van der Waals surface area contributed by atoms with Crippen LogP contribution in [0.1, 0.15) is 40.0 Å². The Labute approximate surface area is 111 Å². The molecule has 1 aliphatic carbocycles. The summed E-state index contributed by atoms with van der Waals surface area (Å²) in [7, 11) is 0. The molecule has 0 spiro atoms. The van der Waals surface area contributed by atoms with Crippen LogP contribution in [0.4, 0.5) is 0 Å². The van der Waals surface area contributed by atoms with E-state index >= 15 is 0 Å². The molecule has 0 bridgehead atoms. The number of hydrogen-bond donors (Lipinski definition) is 2. The number of nitrogens with one attached hydrogen (secondary N) is 1. The van der Waals surface area contributed by atoms with Crippen molar-refractivity contribution in [1.29, 1.82) is 0 Å². The topological polar surface area (TPSA) is 58.4 Å². The smallest absolute Gasteiger partial charge is 0.223 e. The van der Waals surface area contributed by atoms with E-state index in [0.29, 0.717) is 5.92 Å². The van der Waals surface area contributed by atoms with E-state index in [2.05, 4.69) is 31.0 Å². The van der Waals surface area contributed by atoms with Crippen LogP contribution in [0.2, 0.25) is 0 Å². The van der Waals surface area contributed by atoms with Crippen LogP contribution in [0.3, 0.4) is 0 Å². The molecule has 4 heteroatoms. The van der Waals surface area contributed by atoms with Crippen LogP contribution in [-0.2, 0) is 4.79 Å². The van der Waals surface area contributed by atoms with Crippen molar-refractivity contribution in [3.05, 3.63) is 0 Å². The Balaban J connectivity index is 2.27. The van der Waals surface area contributed by atoms with Crippen molar-refractivity contribution in [2.24, 2.45) is 17.6 Å². The molecule has 106 valence electrons. The maximum Gasteiger partial charge on any atom is 0.223 e. The summed E-state index contributed by atoms with van der Waals surface area (Å²) in [5.74, 6) is 0.900. The molecule has 3 N–H and O–H groups in total. The lowest BCUT2D eigenvalue weighted by Crippen LogP contribution is -2.42. The van der Waals surface area contributed by atoms with Gasteiger partial charge in [0, 0.05) is 25.0 Å². The third-order valence-electron chi connectivity index (χ3n) is 3.97. The summed E-state index contributed by atoms with van der Waals surface area (Å²) in [5, 5.41) is 3.06. The fourth-order valence-electron chi connectivity index (χ4n) is 2.89. The quantitative estimate of drug-likeness (QED) is 0.750. The minimum atomic E-state index is 0.125. The first kappa shape index (κ1) is 15.4. The van der Waals surface area contributed by atoms with E-state index < -0.39 is 0 Å². The predicted octanol–water partition coefficient (Wildman–Crippen LogP) is 1.21. The highest BCUT2D eigenvalue weighted by Gasteiger charge is 2.28. The number of carbonyl (C=O) groups is 1. The molecular formula is C14H29N3O. The first-order valence-electron chi connectivity index (χ1n) is 7.32. The summed E-state index contributed by atoms with van der Waals surface area (Å²) < 4.78 is 0. The van der Waals surface area contributed by atoms with Gasteiger partial charge in [-0.15, -0.1) is 0 Å².